The minimum absolute atomic E-state index is 0.0913. The Hall–Kier alpha value is -2.48. The standard InChI is InChI=1S/C24H33N3O4S/c1-17(28)27-14-9-11-19(27)22(29)26-24(23(25)30)16-18(24)10-5-3-2-4-8-15-31-20-12-6-7-13-21(20)32/h5-7,10,12-13,18-19,32H,2-4,8-9,11,14-16H2,1H3,(H2,25,30)(H,26,29)/b10-5+/t18-,19?,24+/m1/s1. The Morgan fingerprint density at radius 3 is 2.78 bits per heavy atom. The Morgan fingerprint density at radius 1 is 1.28 bits per heavy atom. The lowest BCUT2D eigenvalue weighted by molar-refractivity contribution is -0.138. The van der Waals surface area contributed by atoms with Gasteiger partial charge in [-0.05, 0) is 57.1 Å². The lowest BCUT2D eigenvalue weighted by atomic mass is 10.1. The number of thiol groups is 1. The molecule has 1 saturated carbocycles. The monoisotopic (exact) mass is 459 g/mol. The summed E-state index contributed by atoms with van der Waals surface area (Å²) in [5, 5.41) is 2.85. The quantitative estimate of drug-likeness (QED) is 0.269. The molecule has 1 unspecified atom stereocenters. The molecule has 0 radical (unpaired) electrons. The summed E-state index contributed by atoms with van der Waals surface area (Å²) < 4.78 is 5.74. The number of amides is 3. The van der Waals surface area contributed by atoms with Crippen LogP contribution in [0.1, 0.15) is 51.9 Å². The molecule has 7 nitrogen and oxygen atoms in total. The highest BCUT2D eigenvalue weighted by Gasteiger charge is 2.59. The molecule has 2 fully saturated rings. The van der Waals surface area contributed by atoms with Crippen molar-refractivity contribution < 1.29 is 19.1 Å². The Morgan fingerprint density at radius 2 is 2.06 bits per heavy atom. The van der Waals surface area contributed by atoms with Crippen LogP contribution in [0.2, 0.25) is 0 Å². The highest BCUT2D eigenvalue weighted by molar-refractivity contribution is 7.80. The second-order valence-corrected chi connectivity index (χ2v) is 9.08. The van der Waals surface area contributed by atoms with Crippen LogP contribution in [0, 0.1) is 5.92 Å². The molecule has 174 valence electrons. The molecule has 0 spiro atoms. The number of nitrogens with two attached hydrogens (primary N) is 1. The van der Waals surface area contributed by atoms with Crippen molar-refractivity contribution >= 4 is 30.4 Å². The first-order valence-corrected chi connectivity index (χ1v) is 11.8. The number of carbonyl (C=O) groups is 3. The number of hydrogen-bond donors (Lipinski definition) is 3. The molecule has 0 aromatic heterocycles. The van der Waals surface area contributed by atoms with Crippen molar-refractivity contribution in [3.8, 4) is 5.75 Å². The largest absolute Gasteiger partial charge is 0.492 e. The van der Waals surface area contributed by atoms with Crippen LogP contribution in [0.4, 0.5) is 0 Å². The van der Waals surface area contributed by atoms with Gasteiger partial charge in [-0.15, -0.1) is 12.6 Å². The van der Waals surface area contributed by atoms with Gasteiger partial charge >= 0.3 is 0 Å². The number of ether oxygens (including phenoxy) is 1. The Bertz CT molecular complexity index is 875. The van der Waals surface area contributed by atoms with Gasteiger partial charge in [0, 0.05) is 24.3 Å². The molecule has 3 N–H and O–H groups in total. The van der Waals surface area contributed by atoms with Gasteiger partial charge in [0.25, 0.3) is 0 Å². The van der Waals surface area contributed by atoms with Gasteiger partial charge in [0.15, 0.2) is 0 Å². The zero-order chi connectivity index (χ0) is 23.1. The van der Waals surface area contributed by atoms with Gasteiger partial charge in [0.2, 0.25) is 17.7 Å². The second-order valence-electron chi connectivity index (χ2n) is 8.60. The number of carbonyl (C=O) groups excluding carboxylic acids is 3. The first kappa shape index (κ1) is 24.2. The van der Waals surface area contributed by atoms with Gasteiger partial charge in [-0.25, -0.2) is 0 Å². The third-order valence-corrected chi connectivity index (χ3v) is 6.64. The summed E-state index contributed by atoms with van der Waals surface area (Å²) in [4.78, 5) is 38.9. The van der Waals surface area contributed by atoms with Crippen LogP contribution in [-0.2, 0) is 14.4 Å². The smallest absolute Gasteiger partial charge is 0.243 e. The van der Waals surface area contributed by atoms with E-state index in [1.54, 1.807) is 4.90 Å². The second kappa shape index (κ2) is 10.9. The van der Waals surface area contributed by atoms with Crippen LogP contribution in [0.15, 0.2) is 41.3 Å². The first-order valence-electron chi connectivity index (χ1n) is 11.3. The van der Waals surface area contributed by atoms with Gasteiger partial charge in [0.05, 0.1) is 6.61 Å². The van der Waals surface area contributed by atoms with Crippen molar-refractivity contribution in [1.82, 2.24) is 10.2 Å². The molecule has 3 amide bonds. The number of allylic oxidation sites excluding steroid dienone is 1. The predicted molar refractivity (Wildman–Crippen MR) is 125 cm³/mol. The SMILES string of the molecule is CC(=O)N1CCCC1C(=O)N[C@@]1(C(N)=O)C[C@H]1/C=C/CCCCCOc1ccccc1S. The summed E-state index contributed by atoms with van der Waals surface area (Å²) in [6.45, 7) is 2.69. The minimum atomic E-state index is -1.02. The van der Waals surface area contributed by atoms with Crippen molar-refractivity contribution in [3.63, 3.8) is 0 Å². The number of rotatable bonds is 11. The van der Waals surface area contributed by atoms with Gasteiger partial charge in [-0.1, -0.05) is 24.3 Å². The fourth-order valence-corrected chi connectivity index (χ4v) is 4.52. The fourth-order valence-electron chi connectivity index (χ4n) is 4.29. The number of benzene rings is 1. The summed E-state index contributed by atoms with van der Waals surface area (Å²) in [5.74, 6) is -0.211. The van der Waals surface area contributed by atoms with E-state index < -0.39 is 17.5 Å². The molecule has 3 rings (SSSR count). The summed E-state index contributed by atoms with van der Waals surface area (Å²) >= 11 is 4.37. The molecule has 2 aliphatic rings. The molecule has 32 heavy (non-hydrogen) atoms. The summed E-state index contributed by atoms with van der Waals surface area (Å²) in [5.41, 5.74) is 4.60. The predicted octanol–water partition coefficient (Wildman–Crippen LogP) is 2.84. The molecule has 0 bridgehead atoms. The molecule has 8 heteroatoms. The number of nitrogens with one attached hydrogen (secondary N) is 1. The van der Waals surface area contributed by atoms with Crippen molar-refractivity contribution in [3.05, 3.63) is 36.4 Å². The van der Waals surface area contributed by atoms with Crippen molar-refractivity contribution in [1.29, 1.82) is 0 Å². The third kappa shape index (κ3) is 5.85. The fraction of sp³-hybridized carbons (Fsp3) is 0.542. The molecule has 1 heterocycles. The zero-order valence-corrected chi connectivity index (χ0v) is 19.5. The number of para-hydroxylation sites is 1. The molecule has 1 aliphatic heterocycles. The van der Waals surface area contributed by atoms with E-state index in [-0.39, 0.29) is 17.7 Å². The number of primary amides is 1. The van der Waals surface area contributed by atoms with Crippen LogP contribution in [0.25, 0.3) is 0 Å². The van der Waals surface area contributed by atoms with Gasteiger partial charge in [0.1, 0.15) is 17.3 Å². The van der Waals surface area contributed by atoms with E-state index in [1.807, 2.05) is 30.3 Å². The maximum absolute atomic E-state index is 12.7. The lowest BCUT2D eigenvalue weighted by Gasteiger charge is -2.25. The minimum Gasteiger partial charge on any atom is -0.492 e. The van der Waals surface area contributed by atoms with Crippen LogP contribution in [-0.4, -0.2) is 47.4 Å². The average Bonchev–Trinajstić information content (AvgIpc) is 3.21. The molecular weight excluding hydrogens is 426 g/mol. The molecular formula is C24H33N3O4S. The van der Waals surface area contributed by atoms with E-state index in [9.17, 15) is 14.4 Å². The van der Waals surface area contributed by atoms with Crippen LogP contribution >= 0.6 is 12.6 Å². The van der Waals surface area contributed by atoms with E-state index in [0.717, 1.165) is 42.7 Å². The van der Waals surface area contributed by atoms with Gasteiger partial charge < -0.3 is 20.7 Å². The molecule has 1 aromatic carbocycles. The number of unbranched alkanes of at least 4 members (excludes halogenated alkanes) is 3. The van der Waals surface area contributed by atoms with Crippen molar-refractivity contribution in [2.75, 3.05) is 13.2 Å². The number of hydrogen-bond acceptors (Lipinski definition) is 5. The van der Waals surface area contributed by atoms with E-state index in [1.165, 1.54) is 6.92 Å². The van der Waals surface area contributed by atoms with Crippen LogP contribution in [0.3, 0.4) is 0 Å². The maximum Gasteiger partial charge on any atom is 0.243 e. The topological polar surface area (TPSA) is 102 Å². The average molecular weight is 460 g/mol. The van der Waals surface area contributed by atoms with Crippen molar-refractivity contribution in [2.45, 2.75) is 68.3 Å². The maximum atomic E-state index is 12.7. The van der Waals surface area contributed by atoms with E-state index in [0.29, 0.717) is 26.0 Å². The summed E-state index contributed by atoms with van der Waals surface area (Å²) in [7, 11) is 0. The van der Waals surface area contributed by atoms with Crippen LogP contribution in [0.5, 0.6) is 5.75 Å². The first-order chi connectivity index (χ1) is 15.3. The van der Waals surface area contributed by atoms with E-state index in [4.69, 9.17) is 10.5 Å². The highest BCUT2D eigenvalue weighted by Crippen LogP contribution is 2.44. The van der Waals surface area contributed by atoms with E-state index in [2.05, 4.69) is 24.0 Å². The summed E-state index contributed by atoms with van der Waals surface area (Å²) in [6, 6.07) is 7.16. The van der Waals surface area contributed by atoms with Gasteiger partial charge in [-0.3, -0.25) is 14.4 Å². The third-order valence-electron chi connectivity index (χ3n) is 6.27. The molecule has 1 aromatic rings. The normalized spacial score (nSPS) is 24.5. The Kier molecular flexibility index (Phi) is 8.23. The molecule has 1 saturated heterocycles. The van der Waals surface area contributed by atoms with Crippen LogP contribution < -0.4 is 15.8 Å². The Labute approximate surface area is 195 Å². The number of nitrogens with zero attached hydrogens (tertiary/aromatic N) is 1. The lowest BCUT2D eigenvalue weighted by Crippen LogP contribution is -2.54. The van der Waals surface area contributed by atoms with Gasteiger partial charge in [-0.2, -0.15) is 0 Å². The Balaban J connectivity index is 1.37. The highest BCUT2D eigenvalue weighted by atomic mass is 32.1. The van der Waals surface area contributed by atoms with E-state index >= 15 is 0 Å². The zero-order valence-electron chi connectivity index (χ0n) is 18.6. The molecule has 3 atom stereocenters. The molecule has 1 aliphatic carbocycles. The van der Waals surface area contributed by atoms with Crippen molar-refractivity contribution in [2.24, 2.45) is 11.7 Å². The number of likely N-dealkylation sites (tertiary alicyclic amines) is 1. The summed E-state index contributed by atoms with van der Waals surface area (Å²) in [6.07, 6.45) is 9.84.